The fourth-order valence-corrected chi connectivity index (χ4v) is 2.96. The molecule has 0 bridgehead atoms. The van der Waals surface area contributed by atoms with Crippen LogP contribution in [0, 0.1) is 5.82 Å². The Morgan fingerprint density at radius 3 is 2.29 bits per heavy atom. The van der Waals surface area contributed by atoms with Crippen LogP contribution in [0.5, 0.6) is 0 Å². The molecule has 0 radical (unpaired) electrons. The number of sulfonamides is 1. The molecule has 2 aromatic carbocycles. The van der Waals surface area contributed by atoms with Crippen molar-refractivity contribution in [3.63, 3.8) is 0 Å². The average Bonchev–Trinajstić information content (AvgIpc) is 2.42. The van der Waals surface area contributed by atoms with Gasteiger partial charge in [0.15, 0.2) is 5.78 Å². The molecule has 0 unspecified atom stereocenters. The van der Waals surface area contributed by atoms with Crippen molar-refractivity contribution >= 4 is 33.1 Å². The molecule has 0 aliphatic carbocycles. The molecule has 0 aliphatic heterocycles. The molecule has 2 rings (SSSR count). The van der Waals surface area contributed by atoms with Gasteiger partial charge < -0.3 is 0 Å². The number of halogens is 2. The van der Waals surface area contributed by atoms with Gasteiger partial charge in [-0.3, -0.25) is 9.52 Å². The highest BCUT2D eigenvalue weighted by Gasteiger charge is 2.16. The van der Waals surface area contributed by atoms with Gasteiger partial charge in [0.25, 0.3) is 10.0 Å². The average molecular weight is 328 g/mol. The first-order chi connectivity index (χ1) is 9.79. The van der Waals surface area contributed by atoms with Gasteiger partial charge in [0, 0.05) is 11.3 Å². The number of carbonyl (C=O) groups is 1. The van der Waals surface area contributed by atoms with Crippen molar-refractivity contribution in [3.8, 4) is 0 Å². The van der Waals surface area contributed by atoms with Crippen LogP contribution in [0.25, 0.3) is 0 Å². The van der Waals surface area contributed by atoms with Crippen molar-refractivity contribution in [2.75, 3.05) is 4.72 Å². The molecule has 0 saturated carbocycles. The van der Waals surface area contributed by atoms with Crippen molar-refractivity contribution in [1.82, 2.24) is 0 Å². The first-order valence-corrected chi connectivity index (χ1v) is 7.74. The zero-order valence-electron chi connectivity index (χ0n) is 10.9. The third kappa shape index (κ3) is 3.59. The number of hydrogen-bond acceptors (Lipinski definition) is 3. The molecule has 4 nitrogen and oxygen atoms in total. The van der Waals surface area contributed by atoms with Crippen LogP contribution in [0.15, 0.2) is 47.4 Å². The normalized spacial score (nSPS) is 11.2. The molecule has 2 aromatic rings. The summed E-state index contributed by atoms with van der Waals surface area (Å²) in [5, 5.41) is -0.273. The molecule has 0 aromatic heterocycles. The number of rotatable bonds is 4. The Labute approximate surface area is 126 Å². The molecule has 0 amide bonds. The van der Waals surface area contributed by atoms with Crippen LogP contribution in [-0.2, 0) is 10.0 Å². The first-order valence-electron chi connectivity index (χ1n) is 5.88. The van der Waals surface area contributed by atoms with Crippen molar-refractivity contribution in [3.05, 3.63) is 58.9 Å². The molecule has 21 heavy (non-hydrogen) atoms. The molecule has 0 saturated heterocycles. The second-order valence-electron chi connectivity index (χ2n) is 4.31. The smallest absolute Gasteiger partial charge is 0.261 e. The molecule has 110 valence electrons. The lowest BCUT2D eigenvalue weighted by Crippen LogP contribution is -2.13. The van der Waals surface area contributed by atoms with E-state index in [0.717, 1.165) is 18.2 Å². The molecule has 0 fully saturated rings. The molecule has 0 aliphatic rings. The minimum Gasteiger partial charge on any atom is -0.295 e. The van der Waals surface area contributed by atoms with Crippen molar-refractivity contribution in [1.29, 1.82) is 0 Å². The van der Waals surface area contributed by atoms with E-state index in [1.807, 2.05) is 0 Å². The minimum atomic E-state index is -3.87. The van der Waals surface area contributed by atoms with Crippen LogP contribution in [0.3, 0.4) is 0 Å². The monoisotopic (exact) mass is 327 g/mol. The Morgan fingerprint density at radius 2 is 1.76 bits per heavy atom. The summed E-state index contributed by atoms with van der Waals surface area (Å²) < 4.78 is 39.6. The van der Waals surface area contributed by atoms with Gasteiger partial charge in [0.05, 0.1) is 9.92 Å². The Hall–Kier alpha value is -1.92. The van der Waals surface area contributed by atoms with Gasteiger partial charge in [0.1, 0.15) is 5.82 Å². The molecule has 0 atom stereocenters. The zero-order valence-corrected chi connectivity index (χ0v) is 12.5. The maximum Gasteiger partial charge on any atom is 0.261 e. The number of ketones is 1. The number of anilines is 1. The Balaban J connectivity index is 2.28. The van der Waals surface area contributed by atoms with Gasteiger partial charge in [-0.15, -0.1) is 0 Å². The van der Waals surface area contributed by atoms with Gasteiger partial charge in [0.2, 0.25) is 0 Å². The number of nitrogens with one attached hydrogen (secondary N) is 1. The fraction of sp³-hybridized carbons (Fsp3) is 0.0714. The predicted molar refractivity (Wildman–Crippen MR) is 78.7 cm³/mol. The van der Waals surface area contributed by atoms with Crippen LogP contribution in [0.4, 0.5) is 10.1 Å². The summed E-state index contributed by atoms with van der Waals surface area (Å²) in [5.74, 6) is -0.809. The highest BCUT2D eigenvalue weighted by molar-refractivity contribution is 7.92. The Kier molecular flexibility index (Phi) is 4.29. The number of benzene rings is 2. The van der Waals surface area contributed by atoms with E-state index >= 15 is 0 Å². The molecule has 0 spiro atoms. The third-order valence-electron chi connectivity index (χ3n) is 2.75. The summed E-state index contributed by atoms with van der Waals surface area (Å²) in [4.78, 5) is 11.0. The van der Waals surface area contributed by atoms with Crippen LogP contribution < -0.4 is 4.72 Å². The first kappa shape index (κ1) is 15.5. The Morgan fingerprint density at radius 1 is 1.14 bits per heavy atom. The molecule has 1 N–H and O–H groups in total. The van der Waals surface area contributed by atoms with Crippen molar-refractivity contribution in [2.24, 2.45) is 0 Å². The van der Waals surface area contributed by atoms with Gasteiger partial charge in [-0.2, -0.15) is 0 Å². The predicted octanol–water partition coefficient (Wildman–Crippen LogP) is 3.48. The number of Topliss-reactive ketones (excluding diaryl/α,β-unsaturated/α-hetero) is 1. The summed E-state index contributed by atoms with van der Waals surface area (Å²) in [6.07, 6.45) is 0. The number of hydrogen-bond donors (Lipinski definition) is 1. The highest BCUT2D eigenvalue weighted by Crippen LogP contribution is 2.22. The van der Waals surface area contributed by atoms with Crippen LogP contribution >= 0.6 is 11.6 Å². The second-order valence-corrected chi connectivity index (χ2v) is 6.40. The van der Waals surface area contributed by atoms with E-state index < -0.39 is 15.8 Å². The SMILES string of the molecule is CC(=O)c1ccc(NS(=O)(=O)c2ccc(F)c(Cl)c2)cc1. The van der Waals surface area contributed by atoms with Gasteiger partial charge >= 0.3 is 0 Å². The van der Waals surface area contributed by atoms with Gasteiger partial charge in [-0.1, -0.05) is 11.6 Å². The third-order valence-corrected chi connectivity index (χ3v) is 4.41. The van der Waals surface area contributed by atoms with E-state index in [4.69, 9.17) is 11.6 Å². The number of carbonyl (C=O) groups excluding carboxylic acids is 1. The van der Waals surface area contributed by atoms with Crippen LogP contribution in [0.2, 0.25) is 5.02 Å². The lowest BCUT2D eigenvalue weighted by atomic mass is 10.1. The standard InChI is InChI=1S/C14H11ClFNO3S/c1-9(18)10-2-4-11(5-3-10)17-21(19,20)12-6-7-14(16)13(15)8-12/h2-8,17H,1H3. The quantitative estimate of drug-likeness (QED) is 0.874. The van der Waals surface area contributed by atoms with E-state index in [2.05, 4.69) is 4.72 Å². The Bertz CT molecular complexity index is 788. The van der Waals surface area contributed by atoms with E-state index in [1.54, 1.807) is 0 Å². The van der Waals surface area contributed by atoms with E-state index in [9.17, 15) is 17.6 Å². The molecule has 0 heterocycles. The van der Waals surface area contributed by atoms with Crippen molar-refractivity contribution < 1.29 is 17.6 Å². The topological polar surface area (TPSA) is 63.2 Å². The second kappa shape index (κ2) is 5.83. The molecular weight excluding hydrogens is 317 g/mol. The summed E-state index contributed by atoms with van der Waals surface area (Å²) >= 11 is 5.57. The zero-order chi connectivity index (χ0) is 15.6. The van der Waals surface area contributed by atoms with Crippen LogP contribution in [0.1, 0.15) is 17.3 Å². The van der Waals surface area contributed by atoms with E-state index in [1.165, 1.54) is 31.2 Å². The largest absolute Gasteiger partial charge is 0.295 e. The maximum atomic E-state index is 13.1. The molecule has 7 heteroatoms. The minimum absolute atomic E-state index is 0.116. The van der Waals surface area contributed by atoms with E-state index in [-0.39, 0.29) is 15.7 Å². The van der Waals surface area contributed by atoms with E-state index in [0.29, 0.717) is 11.3 Å². The lowest BCUT2D eigenvalue weighted by Gasteiger charge is -2.09. The van der Waals surface area contributed by atoms with Crippen LogP contribution in [-0.4, -0.2) is 14.2 Å². The summed E-state index contributed by atoms with van der Waals surface area (Å²) in [7, 11) is -3.87. The lowest BCUT2D eigenvalue weighted by molar-refractivity contribution is 0.101. The molecular formula is C14H11ClFNO3S. The summed E-state index contributed by atoms with van der Waals surface area (Å²) in [5.41, 5.74) is 0.767. The van der Waals surface area contributed by atoms with Gasteiger partial charge in [-0.25, -0.2) is 12.8 Å². The summed E-state index contributed by atoms with van der Waals surface area (Å²) in [6, 6.07) is 9.10. The maximum absolute atomic E-state index is 13.1. The highest BCUT2D eigenvalue weighted by atomic mass is 35.5. The van der Waals surface area contributed by atoms with Crippen molar-refractivity contribution in [2.45, 2.75) is 11.8 Å². The van der Waals surface area contributed by atoms with Gasteiger partial charge in [-0.05, 0) is 49.4 Å². The summed E-state index contributed by atoms with van der Waals surface area (Å²) in [6.45, 7) is 1.42. The fourth-order valence-electron chi connectivity index (χ4n) is 1.63.